The van der Waals surface area contributed by atoms with Crippen LogP contribution in [-0.2, 0) is 31.9 Å². The Morgan fingerprint density at radius 3 is 2.44 bits per heavy atom. The number of aliphatic hydroxyl groups excluding tert-OH is 1. The van der Waals surface area contributed by atoms with Crippen LogP contribution in [0.25, 0.3) is 11.1 Å². The SMILES string of the molecule is O=C1COc2c([C@@H](O)CNCCN(C(=O)CCOCCc3cccc(CCN4C[C@H]5C[C@H](OC(=O)Nc6ccccc6-c6ccccc6)C[C@H]5C4)c3)C3CCCC3)ccc(O)c2N1. The summed E-state index contributed by atoms with van der Waals surface area (Å²) in [4.78, 5) is 42.7. The van der Waals surface area contributed by atoms with Gasteiger partial charge in [-0.1, -0.05) is 85.6 Å². The molecule has 0 unspecified atom stereocenters. The van der Waals surface area contributed by atoms with Crippen LogP contribution < -0.4 is 20.7 Å². The molecule has 0 bridgehead atoms. The van der Waals surface area contributed by atoms with E-state index in [1.165, 1.54) is 17.2 Å². The molecule has 8 rings (SSSR count). The number of anilines is 2. The third-order valence-electron chi connectivity index (χ3n) is 13.1. The minimum Gasteiger partial charge on any atom is -0.506 e. The van der Waals surface area contributed by atoms with Gasteiger partial charge < -0.3 is 44.9 Å². The Morgan fingerprint density at radius 1 is 0.905 bits per heavy atom. The summed E-state index contributed by atoms with van der Waals surface area (Å²) in [6.07, 6.45) is 6.73. The van der Waals surface area contributed by atoms with Crippen molar-refractivity contribution in [1.82, 2.24) is 15.1 Å². The predicted molar refractivity (Wildman–Crippen MR) is 242 cm³/mol. The quantitative estimate of drug-likeness (QED) is 0.0494. The smallest absolute Gasteiger partial charge is 0.411 e. The van der Waals surface area contributed by atoms with Gasteiger partial charge in [0.1, 0.15) is 17.5 Å². The molecule has 4 aromatic carbocycles. The number of carbonyl (C=O) groups excluding carboxylic acids is 3. The molecule has 0 spiro atoms. The van der Waals surface area contributed by atoms with Gasteiger partial charge in [-0.2, -0.15) is 0 Å². The number of para-hydroxylation sites is 1. The maximum atomic E-state index is 13.5. The van der Waals surface area contributed by atoms with E-state index >= 15 is 0 Å². The van der Waals surface area contributed by atoms with Gasteiger partial charge in [-0.15, -0.1) is 0 Å². The number of nitrogens with zero attached hydrogens (tertiary/aromatic N) is 2. The van der Waals surface area contributed by atoms with Crippen molar-refractivity contribution < 1.29 is 38.8 Å². The average Bonchev–Trinajstić information content (AvgIpc) is 4.05. The van der Waals surface area contributed by atoms with Crippen LogP contribution in [0.4, 0.5) is 16.2 Å². The highest BCUT2D eigenvalue weighted by atomic mass is 16.6. The molecule has 4 atom stereocenters. The fraction of sp³-hybridized carbons (Fsp3) is 0.460. The number of hydrogen-bond donors (Lipinski definition) is 5. The molecular weight excluding hydrogens is 799 g/mol. The summed E-state index contributed by atoms with van der Waals surface area (Å²) < 4.78 is 17.5. The molecule has 2 aliphatic carbocycles. The van der Waals surface area contributed by atoms with Crippen molar-refractivity contribution in [1.29, 1.82) is 0 Å². The largest absolute Gasteiger partial charge is 0.506 e. The Balaban J connectivity index is 0.714. The van der Waals surface area contributed by atoms with Crippen LogP contribution in [0.5, 0.6) is 11.5 Å². The average molecular weight is 860 g/mol. The first-order chi connectivity index (χ1) is 30.8. The third kappa shape index (κ3) is 11.6. The second-order valence-electron chi connectivity index (χ2n) is 17.5. The lowest BCUT2D eigenvalue weighted by atomic mass is 10.0. The molecule has 13 nitrogen and oxygen atoms in total. The van der Waals surface area contributed by atoms with E-state index in [0.29, 0.717) is 50.1 Å². The Kier molecular flexibility index (Phi) is 14.9. The molecule has 1 saturated heterocycles. The van der Waals surface area contributed by atoms with E-state index in [1.54, 1.807) is 6.07 Å². The number of rotatable bonds is 19. The number of phenols is 1. The first kappa shape index (κ1) is 44.1. The Morgan fingerprint density at radius 2 is 1.65 bits per heavy atom. The first-order valence-corrected chi connectivity index (χ1v) is 22.7. The van der Waals surface area contributed by atoms with Crippen molar-refractivity contribution in [3.05, 3.63) is 108 Å². The molecule has 63 heavy (non-hydrogen) atoms. The molecule has 2 saturated carbocycles. The normalized spacial score (nSPS) is 20.1. The van der Waals surface area contributed by atoms with E-state index in [-0.39, 0.29) is 60.4 Å². The number of benzene rings is 4. The molecule has 2 heterocycles. The summed E-state index contributed by atoms with van der Waals surface area (Å²) in [7, 11) is 0. The number of likely N-dealkylation sites (tertiary alicyclic amines) is 1. The van der Waals surface area contributed by atoms with E-state index in [4.69, 9.17) is 14.2 Å². The van der Waals surface area contributed by atoms with E-state index in [1.807, 2.05) is 59.5 Å². The standard InChI is InChI=1S/C50H61N5O8/c56-44-18-17-42(49-48(44)53-46(58)33-62-49)45(57)30-51-22-24-55(39-13-4-5-14-39)47(59)21-26-61-25-20-35-10-8-9-34(27-35)19-23-54-31-37-28-40(29-38(37)32-54)63-50(60)52-43-16-7-6-15-41(43)36-11-2-1-3-12-36/h1-3,6-12,15-18,27,37-40,45,51,56-57H,4-5,13-14,19-26,28-33H2,(H,52,60)(H,53,58)/t37-,38+,40+,45-/m0/s1. The van der Waals surface area contributed by atoms with Gasteiger partial charge in [0.15, 0.2) is 12.4 Å². The molecule has 5 N–H and O–H groups in total. The van der Waals surface area contributed by atoms with Gasteiger partial charge in [0.05, 0.1) is 31.4 Å². The lowest BCUT2D eigenvalue weighted by molar-refractivity contribution is -0.134. The van der Waals surface area contributed by atoms with Crippen LogP contribution in [-0.4, -0.2) is 109 Å². The number of amides is 3. The lowest BCUT2D eigenvalue weighted by Gasteiger charge is -2.29. The van der Waals surface area contributed by atoms with E-state index in [9.17, 15) is 24.6 Å². The molecule has 2 aliphatic heterocycles. The van der Waals surface area contributed by atoms with Crippen molar-refractivity contribution in [2.24, 2.45) is 11.8 Å². The van der Waals surface area contributed by atoms with Crippen LogP contribution in [0.2, 0.25) is 0 Å². The van der Waals surface area contributed by atoms with Crippen LogP contribution >= 0.6 is 0 Å². The second-order valence-corrected chi connectivity index (χ2v) is 17.5. The Labute approximate surface area is 370 Å². The second kappa shape index (κ2) is 21.3. The fourth-order valence-corrected chi connectivity index (χ4v) is 9.91. The highest BCUT2D eigenvalue weighted by molar-refractivity contribution is 5.97. The number of ether oxygens (including phenoxy) is 3. The van der Waals surface area contributed by atoms with Crippen molar-refractivity contribution >= 4 is 29.3 Å². The molecule has 13 heteroatoms. The van der Waals surface area contributed by atoms with Gasteiger partial charge in [-0.3, -0.25) is 14.9 Å². The number of carbonyl (C=O) groups is 3. The van der Waals surface area contributed by atoms with Gasteiger partial charge in [0, 0.05) is 56.4 Å². The third-order valence-corrected chi connectivity index (χ3v) is 13.1. The van der Waals surface area contributed by atoms with E-state index < -0.39 is 6.10 Å². The van der Waals surface area contributed by atoms with E-state index in [2.05, 4.69) is 45.1 Å². The Hall–Kier alpha value is -5.47. The number of nitrogens with one attached hydrogen (secondary N) is 3. The van der Waals surface area contributed by atoms with Crippen LogP contribution in [0.1, 0.15) is 67.7 Å². The minimum absolute atomic E-state index is 0.0570. The summed E-state index contributed by atoms with van der Waals surface area (Å²) in [5, 5.41) is 29.9. The number of phenolic OH excluding ortho intramolecular Hbond substituents is 1. The Bertz CT molecular complexity index is 2170. The number of aliphatic hydroxyl groups is 1. The van der Waals surface area contributed by atoms with Gasteiger partial charge >= 0.3 is 6.09 Å². The monoisotopic (exact) mass is 859 g/mol. The number of aromatic hydroxyl groups is 1. The fourth-order valence-electron chi connectivity index (χ4n) is 9.91. The zero-order valence-corrected chi connectivity index (χ0v) is 36.0. The summed E-state index contributed by atoms with van der Waals surface area (Å²) in [6.45, 7) is 5.06. The van der Waals surface area contributed by atoms with Crippen molar-refractivity contribution in [2.45, 2.75) is 76.0 Å². The topological polar surface area (TPSA) is 162 Å². The van der Waals surface area contributed by atoms with Crippen molar-refractivity contribution in [3.63, 3.8) is 0 Å². The maximum Gasteiger partial charge on any atom is 0.411 e. The van der Waals surface area contributed by atoms with Gasteiger partial charge in [0.2, 0.25) is 5.91 Å². The lowest BCUT2D eigenvalue weighted by Crippen LogP contribution is -2.43. The molecule has 334 valence electrons. The molecule has 3 amide bonds. The molecule has 4 aromatic rings. The van der Waals surface area contributed by atoms with Gasteiger partial charge in [-0.25, -0.2) is 4.79 Å². The number of fused-ring (bicyclic) bond motifs is 2. The highest BCUT2D eigenvalue weighted by Gasteiger charge is 2.42. The summed E-state index contributed by atoms with van der Waals surface area (Å²) in [6, 6.07) is 29.8. The van der Waals surface area contributed by atoms with Crippen molar-refractivity contribution in [2.75, 3.05) is 69.7 Å². The summed E-state index contributed by atoms with van der Waals surface area (Å²) >= 11 is 0. The van der Waals surface area contributed by atoms with Crippen LogP contribution in [0.3, 0.4) is 0 Å². The highest BCUT2D eigenvalue weighted by Crippen LogP contribution is 2.42. The molecule has 0 radical (unpaired) electrons. The van der Waals surface area contributed by atoms with Crippen molar-refractivity contribution in [3.8, 4) is 22.6 Å². The number of hydrogen-bond acceptors (Lipinski definition) is 10. The zero-order chi connectivity index (χ0) is 43.5. The van der Waals surface area contributed by atoms with Gasteiger partial charge in [0.25, 0.3) is 5.91 Å². The van der Waals surface area contributed by atoms with Gasteiger partial charge in [-0.05, 0) is 85.3 Å². The maximum absolute atomic E-state index is 13.5. The molecule has 4 aliphatic rings. The first-order valence-electron chi connectivity index (χ1n) is 22.7. The van der Waals surface area contributed by atoms with Crippen LogP contribution in [0.15, 0.2) is 91.0 Å². The molecule has 0 aromatic heterocycles. The van der Waals surface area contributed by atoms with E-state index in [0.717, 1.165) is 87.8 Å². The molecular formula is C50H61N5O8. The van der Waals surface area contributed by atoms with Crippen LogP contribution in [0, 0.1) is 11.8 Å². The minimum atomic E-state index is -0.932. The summed E-state index contributed by atoms with van der Waals surface area (Å²) in [5.74, 6) is 0.965. The molecule has 3 fully saturated rings. The predicted octanol–water partition coefficient (Wildman–Crippen LogP) is 6.94. The summed E-state index contributed by atoms with van der Waals surface area (Å²) in [5.41, 5.74) is 5.96. The zero-order valence-electron chi connectivity index (χ0n) is 36.0.